The van der Waals surface area contributed by atoms with Crippen LogP contribution in [0.25, 0.3) is 0 Å². The van der Waals surface area contributed by atoms with Crippen molar-refractivity contribution >= 4 is 86.9 Å². The van der Waals surface area contributed by atoms with Crippen LogP contribution < -0.4 is 0 Å². The Kier molecular flexibility index (Phi) is 14.2. The first kappa shape index (κ1) is 25.5. The largest absolute Gasteiger partial charge is 0.507 e. The van der Waals surface area contributed by atoms with Gasteiger partial charge in [-0.25, -0.2) is 4.57 Å². The molecule has 1 aliphatic carbocycles. The van der Waals surface area contributed by atoms with Crippen molar-refractivity contribution < 1.29 is 18.5 Å². The lowest BCUT2D eigenvalue weighted by molar-refractivity contribution is 0.322. The lowest BCUT2D eigenvalue weighted by Gasteiger charge is -2.37. The van der Waals surface area contributed by atoms with Crippen molar-refractivity contribution in [2.45, 2.75) is 32.3 Å². The molecule has 1 saturated carbocycles. The first-order valence-corrected chi connectivity index (χ1v) is 9.85. The summed E-state index contributed by atoms with van der Waals surface area (Å²) in [5, 5.41) is -2.62. The summed E-state index contributed by atoms with van der Waals surface area (Å²) in [4.78, 5) is 13.9. The maximum Gasteiger partial charge on any atom is 0.507 e. The van der Waals surface area contributed by atoms with Gasteiger partial charge in [0.25, 0.3) is 0 Å². The third-order valence-electron chi connectivity index (χ3n) is 1.83. The Morgan fingerprint density at radius 3 is 0.952 bits per heavy atom. The molecule has 2 N–H and O–H groups in total. The van der Waals surface area contributed by atoms with Crippen LogP contribution >= 0.6 is 86.9 Å². The molecule has 1 atom stereocenters. The van der Waals surface area contributed by atoms with Gasteiger partial charge in [0.2, 0.25) is 0 Å². The van der Waals surface area contributed by atoms with Gasteiger partial charge in [0.05, 0.1) is 32.3 Å². The quantitative estimate of drug-likeness (QED) is 0.417. The first-order valence-electron chi connectivity index (χ1n) is 5.21. The van der Waals surface area contributed by atoms with Gasteiger partial charge in [-0.2, -0.15) is 0 Å². The fraction of sp³-hybridized carbons (Fsp3) is 1.00. The third-order valence-corrected chi connectivity index (χ3v) is 5.86. The van der Waals surface area contributed by atoms with E-state index >= 15 is 0 Å². The maximum atomic E-state index is 10.4. The topological polar surface area (TPSA) is 60.8 Å². The van der Waals surface area contributed by atoms with E-state index in [4.69, 9.17) is 84.0 Å². The van der Waals surface area contributed by atoms with Gasteiger partial charge >= 0.3 is 7.91 Å². The summed E-state index contributed by atoms with van der Waals surface area (Å²) < 4.78 is 20.9. The van der Waals surface area contributed by atoms with E-state index in [9.17, 15) is 4.20 Å². The van der Waals surface area contributed by atoms with Crippen molar-refractivity contribution in [2.24, 2.45) is 0 Å². The van der Waals surface area contributed by atoms with Gasteiger partial charge in [0, 0.05) is 0 Å². The molecule has 0 aromatic rings. The number of nitrogens with zero attached hydrogens (tertiary/aromatic N) is 1. The molecule has 1 rings (SSSR count). The zero-order valence-corrected chi connectivity index (χ0v) is 17.5. The van der Waals surface area contributed by atoms with Crippen molar-refractivity contribution in [1.29, 1.82) is 0 Å². The number of hydrogen-bond donors (Lipinski definition) is 2. The van der Waals surface area contributed by atoms with Crippen molar-refractivity contribution in [3.8, 4) is 0 Å². The highest BCUT2D eigenvalue weighted by atomic mass is 35.5. The van der Waals surface area contributed by atoms with Gasteiger partial charge in [0.15, 0.2) is 0 Å². The molecule has 130 valence electrons. The Balaban J connectivity index is 0. The highest BCUT2D eigenvalue weighted by molar-refractivity contribution is 7.45. The molecule has 1 aliphatic rings. The van der Waals surface area contributed by atoms with Gasteiger partial charge in [-0.3, -0.25) is 14.5 Å². The Labute approximate surface area is 156 Å². The third kappa shape index (κ3) is 13.2. The molecule has 0 heterocycles. The zero-order chi connectivity index (χ0) is 17.5. The van der Waals surface area contributed by atoms with Crippen LogP contribution in [0.4, 0.5) is 4.20 Å². The SMILES string of the molecule is CN(C)P.Cl[C@H]1[C@H](Cl)[C@@H](Cl)[C@@H](Cl)[C@H](Cl)[C@H]1Cl.O=P(O)(O)F. The molecule has 13 heteroatoms. The molecular formula is C8H16Cl6FNO3P2. The van der Waals surface area contributed by atoms with E-state index < -0.39 is 40.2 Å². The molecule has 0 aromatic heterocycles. The van der Waals surface area contributed by atoms with Crippen LogP contribution in [0.2, 0.25) is 0 Å². The molecule has 0 saturated heterocycles. The molecule has 1 unspecified atom stereocenters. The van der Waals surface area contributed by atoms with Crippen LogP contribution in [0.1, 0.15) is 0 Å². The standard InChI is InChI=1S/C6H6Cl6.C2H8NP.FH2O3P/c7-1-2(8)4(10)6(12)5(11)3(1)9;1-3(2)4;1-5(2,3)4/h1-6H;4H2,1-2H3;(H2,2,3,4)/t1-,2-,3-,4+,5+,6+;;. The van der Waals surface area contributed by atoms with E-state index in [1.165, 1.54) is 0 Å². The second-order valence-electron chi connectivity index (χ2n) is 4.10. The number of rotatable bonds is 0. The summed E-state index contributed by atoms with van der Waals surface area (Å²) in [6, 6.07) is 0. The molecule has 0 bridgehead atoms. The van der Waals surface area contributed by atoms with Gasteiger partial charge in [-0.1, -0.05) is 9.39 Å². The van der Waals surface area contributed by atoms with Crippen LogP contribution in [-0.4, -0.2) is 60.8 Å². The summed E-state index contributed by atoms with van der Waals surface area (Å²) in [6.45, 7) is 0. The van der Waals surface area contributed by atoms with Crippen molar-refractivity contribution in [3.05, 3.63) is 0 Å². The predicted molar refractivity (Wildman–Crippen MR) is 94.4 cm³/mol. The van der Waals surface area contributed by atoms with Crippen molar-refractivity contribution in [1.82, 2.24) is 4.67 Å². The van der Waals surface area contributed by atoms with Crippen LogP contribution in [-0.2, 0) is 4.57 Å². The lowest BCUT2D eigenvalue weighted by Crippen LogP contribution is -2.52. The van der Waals surface area contributed by atoms with Crippen LogP contribution in [0.15, 0.2) is 0 Å². The van der Waals surface area contributed by atoms with Gasteiger partial charge in [-0.15, -0.1) is 73.8 Å². The Bertz CT molecular complexity index is 270. The van der Waals surface area contributed by atoms with Gasteiger partial charge in [-0.05, 0) is 14.1 Å². The summed E-state index contributed by atoms with van der Waals surface area (Å²) in [7, 11) is 1.28. The van der Waals surface area contributed by atoms with Crippen LogP contribution in [0, 0.1) is 0 Å². The minimum Gasteiger partial charge on any atom is -0.299 e. The predicted octanol–water partition coefficient (Wildman–Crippen LogP) is 4.03. The van der Waals surface area contributed by atoms with E-state index in [0.29, 0.717) is 0 Å². The summed E-state index contributed by atoms with van der Waals surface area (Å²) in [5.41, 5.74) is 0. The zero-order valence-electron chi connectivity index (χ0n) is 10.9. The van der Waals surface area contributed by atoms with Crippen LogP contribution in [0.3, 0.4) is 0 Å². The average molecular weight is 468 g/mol. The van der Waals surface area contributed by atoms with E-state index in [1.54, 1.807) is 0 Å². The van der Waals surface area contributed by atoms with E-state index in [0.717, 1.165) is 0 Å². The molecule has 0 spiro atoms. The molecular weight excluding hydrogens is 452 g/mol. The molecule has 4 nitrogen and oxygen atoms in total. The van der Waals surface area contributed by atoms with E-state index in [1.807, 2.05) is 18.8 Å². The second kappa shape index (κ2) is 11.7. The molecule has 0 aromatic carbocycles. The molecule has 21 heavy (non-hydrogen) atoms. The Morgan fingerprint density at radius 1 is 0.857 bits per heavy atom. The molecule has 1 fully saturated rings. The highest BCUT2D eigenvalue weighted by Gasteiger charge is 2.46. The van der Waals surface area contributed by atoms with Crippen molar-refractivity contribution in [2.75, 3.05) is 14.1 Å². The van der Waals surface area contributed by atoms with Gasteiger partial charge in [0.1, 0.15) is 0 Å². The van der Waals surface area contributed by atoms with Crippen molar-refractivity contribution in [3.63, 3.8) is 0 Å². The molecule has 0 amide bonds. The smallest absolute Gasteiger partial charge is 0.299 e. The normalized spacial score (nSPS) is 36.2. The summed E-state index contributed by atoms with van der Waals surface area (Å²) in [5.74, 6) is 0. The second-order valence-corrected chi connectivity index (χ2v) is 9.11. The molecule has 0 radical (unpaired) electrons. The van der Waals surface area contributed by atoms with E-state index in [2.05, 4.69) is 9.39 Å². The molecule has 0 aliphatic heterocycles. The number of alkyl halides is 6. The average Bonchev–Trinajstić information content (AvgIpc) is 2.29. The monoisotopic (exact) mass is 465 g/mol. The lowest BCUT2D eigenvalue weighted by atomic mass is 9.97. The van der Waals surface area contributed by atoms with E-state index in [-0.39, 0.29) is 0 Å². The van der Waals surface area contributed by atoms with Gasteiger partial charge < -0.3 is 0 Å². The first-order chi connectivity index (χ1) is 9.20. The number of halogens is 7. The summed E-state index contributed by atoms with van der Waals surface area (Å²) >= 11 is 35.3. The fourth-order valence-corrected chi connectivity index (χ4v) is 3.38. The Morgan fingerprint density at radius 2 is 0.905 bits per heavy atom. The Hall–Kier alpha value is 2.21. The summed E-state index contributed by atoms with van der Waals surface area (Å²) in [6.07, 6.45) is 0. The minimum absolute atomic E-state index is 0.437. The highest BCUT2D eigenvalue weighted by Crippen LogP contribution is 2.39. The van der Waals surface area contributed by atoms with Crippen LogP contribution in [0.5, 0.6) is 0 Å². The maximum absolute atomic E-state index is 10.4. The number of hydrogen-bond acceptors (Lipinski definition) is 2. The fourth-order valence-electron chi connectivity index (χ4n) is 1.05. The minimum atomic E-state index is -5.14.